The second-order valence-corrected chi connectivity index (χ2v) is 6.03. The molecule has 18 heavy (non-hydrogen) atoms. The summed E-state index contributed by atoms with van der Waals surface area (Å²) >= 11 is 0. The zero-order chi connectivity index (χ0) is 13.2. The molecule has 1 aromatic carbocycles. The van der Waals surface area contributed by atoms with Crippen molar-refractivity contribution in [1.29, 1.82) is 0 Å². The van der Waals surface area contributed by atoms with Gasteiger partial charge in [-0.15, -0.1) is 0 Å². The van der Waals surface area contributed by atoms with Crippen molar-refractivity contribution in [1.82, 2.24) is 4.90 Å². The van der Waals surface area contributed by atoms with Gasteiger partial charge in [0.05, 0.1) is 5.60 Å². The molecule has 0 aromatic heterocycles. The fourth-order valence-electron chi connectivity index (χ4n) is 3.01. The Morgan fingerprint density at radius 2 is 1.89 bits per heavy atom. The third-order valence-corrected chi connectivity index (χ3v) is 4.04. The molecule has 0 heterocycles. The first-order chi connectivity index (χ1) is 8.48. The van der Waals surface area contributed by atoms with Crippen LogP contribution in [0.1, 0.15) is 42.4 Å². The van der Waals surface area contributed by atoms with Gasteiger partial charge < -0.3 is 5.11 Å². The smallest absolute Gasteiger partial charge is 0.0774 e. The second-order valence-electron chi connectivity index (χ2n) is 6.03. The molecule has 1 aliphatic carbocycles. The van der Waals surface area contributed by atoms with Crippen molar-refractivity contribution in [3.05, 3.63) is 34.9 Å². The van der Waals surface area contributed by atoms with Gasteiger partial charge in [0.15, 0.2) is 0 Å². The van der Waals surface area contributed by atoms with Crippen LogP contribution in [-0.4, -0.2) is 29.2 Å². The summed E-state index contributed by atoms with van der Waals surface area (Å²) in [6, 6.07) is 6.59. The maximum atomic E-state index is 10.4. The Morgan fingerprint density at radius 3 is 2.56 bits per heavy atom. The molecule has 0 amide bonds. The minimum absolute atomic E-state index is 0.438. The molecule has 0 unspecified atom stereocenters. The molecule has 2 rings (SSSR count). The van der Waals surface area contributed by atoms with Gasteiger partial charge in [0.1, 0.15) is 0 Å². The Morgan fingerprint density at radius 1 is 1.22 bits per heavy atom. The molecular formula is C16H25NO. The van der Waals surface area contributed by atoms with E-state index in [0.717, 1.165) is 25.9 Å². The molecule has 0 saturated heterocycles. The van der Waals surface area contributed by atoms with Crippen LogP contribution in [0.25, 0.3) is 0 Å². The predicted molar refractivity (Wildman–Crippen MR) is 75.7 cm³/mol. The van der Waals surface area contributed by atoms with Gasteiger partial charge >= 0.3 is 0 Å². The van der Waals surface area contributed by atoms with Gasteiger partial charge in [-0.05, 0) is 44.9 Å². The van der Waals surface area contributed by atoms with E-state index in [1.807, 2.05) is 0 Å². The Labute approximate surface area is 111 Å². The summed E-state index contributed by atoms with van der Waals surface area (Å²) in [5.41, 5.74) is 3.58. The zero-order valence-corrected chi connectivity index (χ0v) is 11.9. The average Bonchev–Trinajstić information content (AvgIpc) is 2.70. The quantitative estimate of drug-likeness (QED) is 0.884. The number of aryl methyl sites for hydroxylation is 2. The molecule has 2 nitrogen and oxygen atoms in total. The van der Waals surface area contributed by atoms with E-state index in [0.29, 0.717) is 0 Å². The van der Waals surface area contributed by atoms with Crippen LogP contribution in [-0.2, 0) is 6.54 Å². The number of rotatable bonds is 4. The van der Waals surface area contributed by atoms with Gasteiger partial charge in [-0.25, -0.2) is 0 Å². The minimum Gasteiger partial charge on any atom is -0.389 e. The topological polar surface area (TPSA) is 23.5 Å². The Hall–Kier alpha value is -0.860. The van der Waals surface area contributed by atoms with Crippen molar-refractivity contribution < 1.29 is 5.11 Å². The molecule has 0 atom stereocenters. The van der Waals surface area contributed by atoms with E-state index < -0.39 is 5.60 Å². The van der Waals surface area contributed by atoms with Crippen molar-refractivity contribution in [2.45, 2.75) is 51.7 Å². The van der Waals surface area contributed by atoms with Crippen LogP contribution in [0.3, 0.4) is 0 Å². The largest absolute Gasteiger partial charge is 0.389 e. The van der Waals surface area contributed by atoms with Gasteiger partial charge in [-0.1, -0.05) is 36.6 Å². The van der Waals surface area contributed by atoms with Gasteiger partial charge in [-0.3, -0.25) is 4.90 Å². The number of likely N-dealkylation sites (N-methyl/N-ethyl adjacent to an activating group) is 1. The van der Waals surface area contributed by atoms with Gasteiger partial charge in [0, 0.05) is 13.1 Å². The van der Waals surface area contributed by atoms with Gasteiger partial charge in [0.2, 0.25) is 0 Å². The van der Waals surface area contributed by atoms with Crippen LogP contribution in [0.2, 0.25) is 0 Å². The van der Waals surface area contributed by atoms with Crippen molar-refractivity contribution in [3.63, 3.8) is 0 Å². The fourth-order valence-corrected chi connectivity index (χ4v) is 3.01. The van der Waals surface area contributed by atoms with E-state index in [-0.39, 0.29) is 0 Å². The Kier molecular flexibility index (Phi) is 4.08. The first kappa shape index (κ1) is 13.6. The lowest BCUT2D eigenvalue weighted by atomic mass is 10.0. The molecule has 0 radical (unpaired) electrons. The first-order valence-electron chi connectivity index (χ1n) is 6.96. The standard InChI is InChI=1S/C16H25NO/c1-13-6-7-14(2)15(10-13)11-17(3)12-16(18)8-4-5-9-16/h6-7,10,18H,4-5,8-9,11-12H2,1-3H3. The summed E-state index contributed by atoms with van der Waals surface area (Å²) in [7, 11) is 2.11. The molecule has 1 aliphatic rings. The summed E-state index contributed by atoms with van der Waals surface area (Å²) < 4.78 is 0. The molecule has 1 saturated carbocycles. The highest BCUT2D eigenvalue weighted by atomic mass is 16.3. The van der Waals surface area contributed by atoms with Crippen LogP contribution in [0, 0.1) is 13.8 Å². The van der Waals surface area contributed by atoms with E-state index in [1.165, 1.54) is 29.5 Å². The number of benzene rings is 1. The van der Waals surface area contributed by atoms with Crippen molar-refractivity contribution in [3.8, 4) is 0 Å². The third kappa shape index (κ3) is 3.33. The van der Waals surface area contributed by atoms with Crippen molar-refractivity contribution in [2.75, 3.05) is 13.6 Å². The lowest BCUT2D eigenvalue weighted by molar-refractivity contribution is 0.0145. The van der Waals surface area contributed by atoms with Crippen LogP contribution >= 0.6 is 0 Å². The van der Waals surface area contributed by atoms with E-state index >= 15 is 0 Å². The zero-order valence-electron chi connectivity index (χ0n) is 11.9. The summed E-state index contributed by atoms with van der Waals surface area (Å²) in [4.78, 5) is 2.26. The van der Waals surface area contributed by atoms with Crippen LogP contribution < -0.4 is 0 Å². The number of hydrogen-bond acceptors (Lipinski definition) is 2. The maximum absolute atomic E-state index is 10.4. The lowest BCUT2D eigenvalue weighted by Crippen LogP contribution is -2.38. The Bertz CT molecular complexity index is 408. The second kappa shape index (κ2) is 5.41. The first-order valence-corrected chi connectivity index (χ1v) is 6.96. The van der Waals surface area contributed by atoms with Gasteiger partial charge in [0.25, 0.3) is 0 Å². The summed E-state index contributed by atoms with van der Waals surface area (Å²) in [5, 5.41) is 10.4. The molecule has 2 heteroatoms. The summed E-state index contributed by atoms with van der Waals surface area (Å²) in [6.07, 6.45) is 4.27. The maximum Gasteiger partial charge on any atom is 0.0774 e. The SMILES string of the molecule is Cc1ccc(C)c(CN(C)CC2(O)CCCC2)c1. The van der Waals surface area contributed by atoms with Crippen molar-refractivity contribution >= 4 is 0 Å². The van der Waals surface area contributed by atoms with Crippen LogP contribution in [0.15, 0.2) is 18.2 Å². The summed E-state index contributed by atoms with van der Waals surface area (Å²) in [5.74, 6) is 0. The fraction of sp³-hybridized carbons (Fsp3) is 0.625. The number of nitrogens with zero attached hydrogens (tertiary/aromatic N) is 1. The Balaban J connectivity index is 1.98. The molecular weight excluding hydrogens is 222 g/mol. The molecule has 100 valence electrons. The monoisotopic (exact) mass is 247 g/mol. The van der Waals surface area contributed by atoms with Crippen LogP contribution in [0.5, 0.6) is 0 Å². The van der Waals surface area contributed by atoms with E-state index in [1.54, 1.807) is 0 Å². The lowest BCUT2D eigenvalue weighted by Gasteiger charge is -2.29. The van der Waals surface area contributed by atoms with E-state index in [9.17, 15) is 5.11 Å². The molecule has 1 N–H and O–H groups in total. The van der Waals surface area contributed by atoms with Gasteiger partial charge in [-0.2, -0.15) is 0 Å². The highest BCUT2D eigenvalue weighted by Gasteiger charge is 2.32. The molecule has 1 aromatic rings. The highest BCUT2D eigenvalue weighted by molar-refractivity contribution is 5.30. The van der Waals surface area contributed by atoms with Crippen molar-refractivity contribution in [2.24, 2.45) is 0 Å². The highest BCUT2D eigenvalue weighted by Crippen LogP contribution is 2.30. The molecule has 0 bridgehead atoms. The average molecular weight is 247 g/mol. The third-order valence-electron chi connectivity index (χ3n) is 4.04. The van der Waals surface area contributed by atoms with Crippen LogP contribution in [0.4, 0.5) is 0 Å². The molecule has 1 fully saturated rings. The molecule has 0 aliphatic heterocycles. The predicted octanol–water partition coefficient (Wildman–Crippen LogP) is 3.04. The normalized spacial score (nSPS) is 18.5. The molecule has 0 spiro atoms. The van der Waals surface area contributed by atoms with E-state index in [4.69, 9.17) is 0 Å². The summed E-state index contributed by atoms with van der Waals surface area (Å²) in [6.45, 7) is 6.01. The minimum atomic E-state index is -0.438. The van der Waals surface area contributed by atoms with E-state index in [2.05, 4.69) is 44.0 Å². The number of hydrogen-bond donors (Lipinski definition) is 1. The number of aliphatic hydroxyl groups is 1.